The Morgan fingerprint density at radius 1 is 1.16 bits per heavy atom. The van der Waals surface area contributed by atoms with E-state index in [1.54, 1.807) is 19.1 Å². The van der Waals surface area contributed by atoms with Crippen molar-refractivity contribution in [1.29, 1.82) is 0 Å². The molecule has 0 heterocycles. The molecule has 25 heavy (non-hydrogen) atoms. The lowest BCUT2D eigenvalue weighted by atomic mass is 10.2. The summed E-state index contributed by atoms with van der Waals surface area (Å²) < 4.78 is 26.8. The minimum absolute atomic E-state index is 0.190. The molecule has 1 N–H and O–H groups in total. The van der Waals surface area contributed by atoms with Crippen LogP contribution in [0.25, 0.3) is 0 Å². The van der Waals surface area contributed by atoms with Gasteiger partial charge in [0.2, 0.25) is 15.9 Å². The Kier molecular flexibility index (Phi) is 6.67. The maximum Gasteiger partial charge on any atom is 0.242 e. The zero-order chi connectivity index (χ0) is 18.6. The number of carbonyl (C=O) groups is 1. The van der Waals surface area contributed by atoms with Gasteiger partial charge in [0, 0.05) is 29.2 Å². The molecule has 0 radical (unpaired) electrons. The van der Waals surface area contributed by atoms with Gasteiger partial charge in [-0.15, -0.1) is 11.8 Å². The summed E-state index contributed by atoms with van der Waals surface area (Å²) in [5.41, 5.74) is 1.10. The number of anilines is 1. The van der Waals surface area contributed by atoms with Crippen LogP contribution in [0.3, 0.4) is 0 Å². The maximum atomic E-state index is 12.3. The van der Waals surface area contributed by atoms with Crippen molar-refractivity contribution >= 4 is 49.3 Å². The highest BCUT2D eigenvalue weighted by Crippen LogP contribution is 2.24. The predicted octanol–water partition coefficient (Wildman–Crippen LogP) is 3.74. The van der Waals surface area contributed by atoms with Crippen LogP contribution in [0.4, 0.5) is 5.69 Å². The molecule has 0 bridgehead atoms. The zero-order valence-corrected chi connectivity index (χ0v) is 17.3. The van der Waals surface area contributed by atoms with E-state index < -0.39 is 10.0 Å². The number of thioether (sulfide) groups is 1. The van der Waals surface area contributed by atoms with Crippen molar-refractivity contribution in [3.8, 4) is 0 Å². The molecule has 0 spiro atoms. The van der Waals surface area contributed by atoms with Gasteiger partial charge in [-0.05, 0) is 48.9 Å². The Bertz CT molecular complexity index is 866. The number of sulfonamides is 1. The number of amides is 1. The van der Waals surface area contributed by atoms with Gasteiger partial charge in [-0.25, -0.2) is 12.7 Å². The van der Waals surface area contributed by atoms with Gasteiger partial charge in [-0.2, -0.15) is 0 Å². The molecule has 0 aliphatic rings. The van der Waals surface area contributed by atoms with E-state index >= 15 is 0 Å². The molecule has 0 saturated carbocycles. The molecule has 1 amide bonds. The standard InChI is InChI=1S/C17H19BrN2O3S2/c1-12-4-7-14(10-16(12)25(22,23)20(2)3)19-17(21)11-24-15-8-5-13(18)6-9-15/h4-10H,11H2,1-3H3,(H,19,21). The summed E-state index contributed by atoms with van der Waals surface area (Å²) in [7, 11) is -0.591. The van der Waals surface area contributed by atoms with E-state index in [1.165, 1.54) is 31.9 Å². The fourth-order valence-electron chi connectivity index (χ4n) is 2.03. The molecule has 0 aliphatic carbocycles. The number of carbonyl (C=O) groups excluding carboxylic acids is 1. The number of hydrogen-bond donors (Lipinski definition) is 1. The number of nitrogens with one attached hydrogen (secondary N) is 1. The van der Waals surface area contributed by atoms with E-state index in [9.17, 15) is 13.2 Å². The lowest BCUT2D eigenvalue weighted by Gasteiger charge is -2.15. The first-order valence-electron chi connectivity index (χ1n) is 7.41. The highest BCUT2D eigenvalue weighted by Gasteiger charge is 2.20. The van der Waals surface area contributed by atoms with Crippen molar-refractivity contribution in [2.75, 3.05) is 25.2 Å². The molecule has 0 aliphatic heterocycles. The number of halogens is 1. The Hall–Kier alpha value is -1.35. The van der Waals surface area contributed by atoms with Crippen LogP contribution < -0.4 is 5.32 Å². The fourth-order valence-corrected chi connectivity index (χ4v) is 4.14. The monoisotopic (exact) mass is 442 g/mol. The van der Waals surface area contributed by atoms with Gasteiger partial charge >= 0.3 is 0 Å². The zero-order valence-electron chi connectivity index (χ0n) is 14.1. The highest BCUT2D eigenvalue weighted by atomic mass is 79.9. The minimum Gasteiger partial charge on any atom is -0.325 e. The van der Waals surface area contributed by atoms with Crippen molar-refractivity contribution in [2.45, 2.75) is 16.7 Å². The second-order valence-corrected chi connectivity index (χ2v) is 9.64. The quantitative estimate of drug-likeness (QED) is 0.691. The molecule has 0 unspecified atom stereocenters. The van der Waals surface area contributed by atoms with Crippen LogP contribution >= 0.6 is 27.7 Å². The maximum absolute atomic E-state index is 12.3. The largest absolute Gasteiger partial charge is 0.325 e. The first kappa shape index (κ1) is 20.0. The second-order valence-electron chi connectivity index (χ2n) is 5.56. The van der Waals surface area contributed by atoms with E-state index in [1.807, 2.05) is 24.3 Å². The Balaban J connectivity index is 2.07. The Morgan fingerprint density at radius 3 is 2.40 bits per heavy atom. The molecular formula is C17H19BrN2O3S2. The third kappa shape index (κ3) is 5.31. The normalized spacial score (nSPS) is 11.6. The van der Waals surface area contributed by atoms with Gasteiger partial charge in [0.25, 0.3) is 0 Å². The van der Waals surface area contributed by atoms with Crippen molar-refractivity contribution in [2.24, 2.45) is 0 Å². The summed E-state index contributed by atoms with van der Waals surface area (Å²) in [6, 6.07) is 12.6. The summed E-state index contributed by atoms with van der Waals surface area (Å²) in [6.45, 7) is 1.73. The van der Waals surface area contributed by atoms with E-state index in [2.05, 4.69) is 21.2 Å². The smallest absolute Gasteiger partial charge is 0.242 e. The number of aryl methyl sites for hydroxylation is 1. The summed E-state index contributed by atoms with van der Waals surface area (Å²) in [6.07, 6.45) is 0. The lowest BCUT2D eigenvalue weighted by molar-refractivity contribution is -0.113. The van der Waals surface area contributed by atoms with Gasteiger partial charge in [0.05, 0.1) is 10.6 Å². The fraction of sp³-hybridized carbons (Fsp3) is 0.235. The van der Waals surface area contributed by atoms with Crippen LogP contribution in [0.1, 0.15) is 5.56 Å². The Labute approximate surface area is 161 Å². The summed E-state index contributed by atoms with van der Waals surface area (Å²) in [5.74, 6) is 0.0515. The number of rotatable bonds is 6. The molecule has 8 heteroatoms. The van der Waals surface area contributed by atoms with E-state index in [0.29, 0.717) is 11.3 Å². The Morgan fingerprint density at radius 2 is 1.80 bits per heavy atom. The van der Waals surface area contributed by atoms with Crippen molar-refractivity contribution in [3.05, 3.63) is 52.5 Å². The second kappa shape index (κ2) is 8.35. The van der Waals surface area contributed by atoms with Gasteiger partial charge < -0.3 is 5.32 Å². The van der Waals surface area contributed by atoms with Crippen LogP contribution in [0.5, 0.6) is 0 Å². The number of nitrogens with zero attached hydrogens (tertiary/aromatic N) is 1. The van der Waals surface area contributed by atoms with Crippen molar-refractivity contribution in [1.82, 2.24) is 4.31 Å². The average Bonchev–Trinajstić information content (AvgIpc) is 2.56. The van der Waals surface area contributed by atoms with Gasteiger partial charge in [0.1, 0.15) is 0 Å². The third-order valence-corrected chi connectivity index (χ3v) is 6.91. The van der Waals surface area contributed by atoms with Crippen molar-refractivity contribution in [3.63, 3.8) is 0 Å². The first-order valence-corrected chi connectivity index (χ1v) is 10.6. The highest BCUT2D eigenvalue weighted by molar-refractivity contribution is 9.10. The molecule has 2 rings (SSSR count). The molecule has 0 saturated heterocycles. The van der Waals surface area contributed by atoms with Gasteiger partial charge in [-0.3, -0.25) is 4.79 Å². The van der Waals surface area contributed by atoms with Crippen LogP contribution in [-0.2, 0) is 14.8 Å². The SMILES string of the molecule is Cc1ccc(NC(=O)CSc2ccc(Br)cc2)cc1S(=O)(=O)N(C)C. The van der Waals surface area contributed by atoms with Crippen molar-refractivity contribution < 1.29 is 13.2 Å². The van der Waals surface area contributed by atoms with Crippen LogP contribution in [-0.4, -0.2) is 38.5 Å². The molecule has 5 nitrogen and oxygen atoms in total. The molecule has 0 fully saturated rings. The molecule has 2 aromatic rings. The number of hydrogen-bond acceptors (Lipinski definition) is 4. The third-order valence-electron chi connectivity index (χ3n) is 3.41. The predicted molar refractivity (Wildman–Crippen MR) is 106 cm³/mol. The molecule has 0 atom stereocenters. The van der Waals surface area contributed by atoms with E-state index in [-0.39, 0.29) is 16.6 Å². The summed E-state index contributed by atoms with van der Waals surface area (Å²) >= 11 is 4.78. The summed E-state index contributed by atoms with van der Waals surface area (Å²) in [5, 5.41) is 2.75. The number of benzene rings is 2. The molecule has 2 aromatic carbocycles. The lowest BCUT2D eigenvalue weighted by Crippen LogP contribution is -2.23. The van der Waals surface area contributed by atoms with E-state index in [0.717, 1.165) is 13.7 Å². The summed E-state index contributed by atoms with van der Waals surface area (Å²) in [4.78, 5) is 13.3. The molecule has 0 aromatic heterocycles. The van der Waals surface area contributed by atoms with Crippen LogP contribution in [0.2, 0.25) is 0 Å². The molecular weight excluding hydrogens is 424 g/mol. The first-order chi connectivity index (χ1) is 11.7. The van der Waals surface area contributed by atoms with Gasteiger partial charge in [0.15, 0.2) is 0 Å². The van der Waals surface area contributed by atoms with Gasteiger partial charge in [-0.1, -0.05) is 22.0 Å². The topological polar surface area (TPSA) is 66.5 Å². The van der Waals surface area contributed by atoms with Crippen LogP contribution in [0.15, 0.2) is 56.7 Å². The van der Waals surface area contributed by atoms with Crippen LogP contribution in [0, 0.1) is 6.92 Å². The average molecular weight is 443 g/mol. The molecule has 134 valence electrons. The van der Waals surface area contributed by atoms with E-state index in [4.69, 9.17) is 0 Å². The minimum atomic E-state index is -3.55.